The van der Waals surface area contributed by atoms with Crippen molar-refractivity contribution in [2.75, 3.05) is 19.6 Å². The standard InChI is InChI=1S/C45H62N8O9/c1-6-27(4)37-45(62)52-21-13-19-33(52)41(58)46-25-35(55)47-31(23-29-15-9-7-10-16-29)39(56)49-36(26(2)3)44(61)53-22-14-20-34(53)42(59)48-32(24-30-17-11-8-12-18-30)40(57)51-38(28(5)54)43(60)50-37/h7-12,15-18,26-28,31-34,36-38,54H,6,13-14,19-25H2,1-5H3,(H,46,58)(H,47,55)(H,48,59)(H,49,56)(H,50,60)(H,51,57). The Morgan fingerprint density at radius 3 is 1.55 bits per heavy atom. The third kappa shape index (κ3) is 12.0. The summed E-state index contributed by atoms with van der Waals surface area (Å²) in [4.78, 5) is 115. The zero-order valence-electron chi connectivity index (χ0n) is 36.2. The van der Waals surface area contributed by atoms with Gasteiger partial charge in [0.25, 0.3) is 0 Å². The van der Waals surface area contributed by atoms with Crippen molar-refractivity contribution in [2.45, 2.75) is 128 Å². The molecule has 3 fully saturated rings. The molecule has 0 radical (unpaired) electrons. The molecular formula is C45H62N8O9. The van der Waals surface area contributed by atoms with Crippen molar-refractivity contribution in [3.05, 3.63) is 71.8 Å². The van der Waals surface area contributed by atoms with Gasteiger partial charge in [0.2, 0.25) is 47.3 Å². The van der Waals surface area contributed by atoms with Gasteiger partial charge in [-0.15, -0.1) is 0 Å². The van der Waals surface area contributed by atoms with E-state index in [2.05, 4.69) is 31.9 Å². The number of rotatable bonds is 8. The average Bonchev–Trinajstić information content (AvgIpc) is 3.96. The van der Waals surface area contributed by atoms with E-state index in [9.17, 15) is 43.5 Å². The number of hydrogen-bond donors (Lipinski definition) is 7. The molecule has 0 aliphatic carbocycles. The normalized spacial score (nSPS) is 27.4. The Kier molecular flexibility index (Phi) is 16.6. The lowest BCUT2D eigenvalue weighted by Gasteiger charge is -2.33. The van der Waals surface area contributed by atoms with Crippen LogP contribution in [0.4, 0.5) is 0 Å². The summed E-state index contributed by atoms with van der Waals surface area (Å²) in [6, 6.07) is 9.68. The zero-order chi connectivity index (χ0) is 45.1. The van der Waals surface area contributed by atoms with Gasteiger partial charge in [-0.2, -0.15) is 0 Å². The van der Waals surface area contributed by atoms with E-state index in [0.29, 0.717) is 31.2 Å². The minimum Gasteiger partial charge on any atom is -0.391 e. The number of aliphatic hydroxyl groups excluding tert-OH is 1. The monoisotopic (exact) mass is 858 g/mol. The Morgan fingerprint density at radius 1 is 0.581 bits per heavy atom. The van der Waals surface area contributed by atoms with E-state index < -0.39 is 114 Å². The molecule has 2 aromatic carbocycles. The molecule has 3 saturated heterocycles. The van der Waals surface area contributed by atoms with Crippen LogP contribution in [0.3, 0.4) is 0 Å². The van der Waals surface area contributed by atoms with E-state index in [1.165, 1.54) is 16.7 Å². The van der Waals surface area contributed by atoms with Crippen molar-refractivity contribution >= 4 is 47.3 Å². The van der Waals surface area contributed by atoms with Gasteiger partial charge in [0.15, 0.2) is 0 Å². The maximum Gasteiger partial charge on any atom is 0.246 e. The van der Waals surface area contributed by atoms with E-state index in [-0.39, 0.29) is 32.4 Å². The van der Waals surface area contributed by atoms with E-state index in [4.69, 9.17) is 0 Å². The second kappa shape index (κ2) is 21.8. The molecule has 3 aliphatic rings. The SMILES string of the molecule is CCC(C)C1NC(=O)C(C(C)O)NC(=O)C(Cc2ccccc2)NC(=O)C2CCCN2C(=O)C(C(C)C)NC(=O)C(Cc2ccccc2)NC(=O)CNC(=O)C2CCCN2C1=O. The van der Waals surface area contributed by atoms with Crippen LogP contribution in [0.5, 0.6) is 0 Å². The summed E-state index contributed by atoms with van der Waals surface area (Å²) in [5.74, 6) is -6.09. The van der Waals surface area contributed by atoms with Crippen LogP contribution in [0, 0.1) is 11.8 Å². The lowest BCUT2D eigenvalue weighted by Crippen LogP contribution is -2.63. The number of amides is 8. The molecule has 3 heterocycles. The molecule has 0 aromatic heterocycles. The quantitative estimate of drug-likeness (QED) is 0.190. The van der Waals surface area contributed by atoms with Crippen LogP contribution < -0.4 is 31.9 Å². The molecule has 17 nitrogen and oxygen atoms in total. The predicted molar refractivity (Wildman–Crippen MR) is 228 cm³/mol. The highest BCUT2D eigenvalue weighted by molar-refractivity contribution is 5.99. The van der Waals surface area contributed by atoms with Gasteiger partial charge >= 0.3 is 0 Å². The number of nitrogens with zero attached hydrogens (tertiary/aromatic N) is 2. The Balaban J connectivity index is 1.52. The largest absolute Gasteiger partial charge is 0.391 e. The van der Waals surface area contributed by atoms with Crippen molar-refractivity contribution in [1.29, 1.82) is 0 Å². The van der Waals surface area contributed by atoms with E-state index in [1.54, 1.807) is 75.4 Å². The second-order valence-electron chi connectivity index (χ2n) is 17.0. The maximum absolute atomic E-state index is 14.4. The minimum absolute atomic E-state index is 0.00117. The minimum atomic E-state index is -1.55. The van der Waals surface area contributed by atoms with E-state index in [1.807, 2.05) is 13.0 Å². The second-order valence-corrected chi connectivity index (χ2v) is 17.0. The molecule has 17 heteroatoms. The van der Waals surface area contributed by atoms with Crippen molar-refractivity contribution in [3.63, 3.8) is 0 Å². The summed E-state index contributed by atoms with van der Waals surface area (Å²) in [6.07, 6.45) is 0.592. The van der Waals surface area contributed by atoms with Crippen molar-refractivity contribution in [3.8, 4) is 0 Å². The summed E-state index contributed by atoms with van der Waals surface area (Å²) in [6.45, 7) is 8.31. The van der Waals surface area contributed by atoms with Crippen molar-refractivity contribution in [2.24, 2.45) is 11.8 Å². The first kappa shape index (κ1) is 47.2. The van der Waals surface area contributed by atoms with Crippen molar-refractivity contribution in [1.82, 2.24) is 41.7 Å². The molecule has 9 atom stereocenters. The van der Waals surface area contributed by atoms with Gasteiger partial charge in [-0.25, -0.2) is 0 Å². The van der Waals surface area contributed by atoms with Crippen LogP contribution in [0.15, 0.2) is 60.7 Å². The molecular weight excluding hydrogens is 797 g/mol. The Hall–Kier alpha value is -5.84. The van der Waals surface area contributed by atoms with Crippen LogP contribution in [-0.2, 0) is 51.2 Å². The highest BCUT2D eigenvalue weighted by Gasteiger charge is 2.43. The summed E-state index contributed by atoms with van der Waals surface area (Å²) < 4.78 is 0. The fourth-order valence-electron chi connectivity index (χ4n) is 8.23. The molecule has 62 heavy (non-hydrogen) atoms. The summed E-state index contributed by atoms with van der Waals surface area (Å²) in [5.41, 5.74) is 1.41. The summed E-state index contributed by atoms with van der Waals surface area (Å²) >= 11 is 0. The summed E-state index contributed by atoms with van der Waals surface area (Å²) in [5, 5.41) is 27.2. The Morgan fingerprint density at radius 2 is 1.05 bits per heavy atom. The molecule has 0 spiro atoms. The molecule has 0 saturated carbocycles. The first-order valence-corrected chi connectivity index (χ1v) is 21.7. The van der Waals surface area contributed by atoms with Gasteiger partial charge < -0.3 is 46.8 Å². The van der Waals surface area contributed by atoms with Gasteiger partial charge in [0, 0.05) is 25.9 Å². The Bertz CT molecular complexity index is 1930. The number of carbonyl (C=O) groups excluding carboxylic acids is 8. The van der Waals surface area contributed by atoms with Crippen molar-refractivity contribution < 1.29 is 43.5 Å². The fraction of sp³-hybridized carbons (Fsp3) is 0.556. The third-order valence-electron chi connectivity index (χ3n) is 12.0. The van der Waals surface area contributed by atoms with Crippen LogP contribution >= 0.6 is 0 Å². The number of benzene rings is 2. The smallest absolute Gasteiger partial charge is 0.246 e. The molecule has 2 aromatic rings. The molecule has 5 rings (SSSR count). The van der Waals surface area contributed by atoms with Crippen LogP contribution in [-0.4, -0.2) is 130 Å². The first-order chi connectivity index (χ1) is 29.6. The lowest BCUT2D eigenvalue weighted by atomic mass is 9.96. The third-order valence-corrected chi connectivity index (χ3v) is 12.0. The maximum atomic E-state index is 14.4. The predicted octanol–water partition coefficient (Wildman–Crippen LogP) is 0.0905. The topological polar surface area (TPSA) is 235 Å². The van der Waals surface area contributed by atoms with Gasteiger partial charge in [-0.1, -0.05) is 94.8 Å². The lowest BCUT2D eigenvalue weighted by molar-refractivity contribution is -0.144. The van der Waals surface area contributed by atoms with Crippen LogP contribution in [0.2, 0.25) is 0 Å². The first-order valence-electron chi connectivity index (χ1n) is 21.7. The van der Waals surface area contributed by atoms with Gasteiger partial charge in [0.1, 0.15) is 42.3 Å². The van der Waals surface area contributed by atoms with Gasteiger partial charge in [-0.3, -0.25) is 38.4 Å². The van der Waals surface area contributed by atoms with E-state index in [0.717, 1.165) is 5.56 Å². The Labute approximate surface area is 362 Å². The molecule has 9 unspecified atom stereocenters. The molecule has 3 aliphatic heterocycles. The zero-order valence-corrected chi connectivity index (χ0v) is 36.2. The molecule has 336 valence electrons. The average molecular weight is 859 g/mol. The number of carbonyl (C=O) groups is 8. The highest BCUT2D eigenvalue weighted by Crippen LogP contribution is 2.23. The van der Waals surface area contributed by atoms with E-state index >= 15 is 0 Å². The molecule has 7 N–H and O–H groups in total. The van der Waals surface area contributed by atoms with Gasteiger partial charge in [-0.05, 0) is 55.6 Å². The fourth-order valence-corrected chi connectivity index (χ4v) is 8.23. The molecule has 8 amide bonds. The van der Waals surface area contributed by atoms with Crippen LogP contribution in [0.25, 0.3) is 0 Å². The summed E-state index contributed by atoms with van der Waals surface area (Å²) in [7, 11) is 0. The number of aliphatic hydroxyl groups is 1. The van der Waals surface area contributed by atoms with Gasteiger partial charge in [0.05, 0.1) is 12.6 Å². The molecule has 0 bridgehead atoms. The number of fused-ring (bicyclic) bond motifs is 2. The highest BCUT2D eigenvalue weighted by atomic mass is 16.3. The number of nitrogens with one attached hydrogen (secondary N) is 6. The number of hydrogen-bond acceptors (Lipinski definition) is 9. The van der Waals surface area contributed by atoms with Crippen LogP contribution in [0.1, 0.15) is 77.8 Å².